The number of carbonyl (C=O) groups is 1. The Morgan fingerprint density at radius 3 is 2.42 bits per heavy atom. The third-order valence-electron chi connectivity index (χ3n) is 4.05. The number of nitrogens with zero attached hydrogens (tertiary/aromatic N) is 1. The van der Waals surface area contributed by atoms with E-state index in [2.05, 4.69) is 18.7 Å². The molecule has 0 bridgehead atoms. The van der Waals surface area contributed by atoms with Crippen molar-refractivity contribution in [2.45, 2.75) is 52.0 Å². The van der Waals surface area contributed by atoms with Crippen LogP contribution >= 0.6 is 0 Å². The number of ketones is 1. The molecule has 0 aliphatic carbocycles. The molecular formula is C17H25NO. The van der Waals surface area contributed by atoms with Crippen molar-refractivity contribution in [3.8, 4) is 0 Å². The normalized spacial score (nSPS) is 17.6. The Morgan fingerprint density at radius 2 is 1.84 bits per heavy atom. The molecular weight excluding hydrogens is 234 g/mol. The second-order valence-corrected chi connectivity index (χ2v) is 5.63. The van der Waals surface area contributed by atoms with Gasteiger partial charge in [-0.25, -0.2) is 0 Å². The van der Waals surface area contributed by atoms with Gasteiger partial charge in [0.15, 0.2) is 5.78 Å². The lowest BCUT2D eigenvalue weighted by molar-refractivity contribution is 0.0835. The smallest absolute Gasteiger partial charge is 0.179 e. The summed E-state index contributed by atoms with van der Waals surface area (Å²) in [6.45, 7) is 6.43. The maximum atomic E-state index is 12.7. The van der Waals surface area contributed by atoms with Gasteiger partial charge >= 0.3 is 0 Å². The summed E-state index contributed by atoms with van der Waals surface area (Å²) in [5.41, 5.74) is 2.08. The van der Waals surface area contributed by atoms with E-state index < -0.39 is 0 Å². The molecule has 0 spiro atoms. The van der Waals surface area contributed by atoms with E-state index in [4.69, 9.17) is 0 Å². The predicted octanol–water partition coefficient (Wildman–Crippen LogP) is 3.83. The molecule has 0 unspecified atom stereocenters. The summed E-state index contributed by atoms with van der Waals surface area (Å²) in [6, 6.07) is 8.13. The monoisotopic (exact) mass is 259 g/mol. The lowest BCUT2D eigenvalue weighted by Gasteiger charge is -2.26. The van der Waals surface area contributed by atoms with Crippen molar-refractivity contribution in [3.05, 3.63) is 35.4 Å². The summed E-state index contributed by atoms with van der Waals surface area (Å²) in [5, 5.41) is 0. The van der Waals surface area contributed by atoms with Gasteiger partial charge in [-0.1, -0.05) is 49.6 Å². The van der Waals surface area contributed by atoms with E-state index in [1.165, 1.54) is 18.4 Å². The molecule has 104 valence electrons. The lowest BCUT2D eigenvalue weighted by Crippen LogP contribution is -2.39. The summed E-state index contributed by atoms with van der Waals surface area (Å²) in [4.78, 5) is 15.1. The van der Waals surface area contributed by atoms with Crippen LogP contribution in [0.3, 0.4) is 0 Å². The number of likely N-dealkylation sites (tertiary alicyclic amines) is 1. The molecule has 0 radical (unpaired) electrons. The van der Waals surface area contributed by atoms with Crippen LogP contribution in [0.25, 0.3) is 0 Å². The average Bonchev–Trinajstić information content (AvgIpc) is 2.94. The van der Waals surface area contributed by atoms with Crippen LogP contribution in [0.1, 0.15) is 54.9 Å². The van der Waals surface area contributed by atoms with Crippen molar-refractivity contribution < 1.29 is 4.79 Å². The molecule has 1 atom stereocenters. The summed E-state index contributed by atoms with van der Waals surface area (Å²) in [6.07, 6.45) is 5.78. The summed E-state index contributed by atoms with van der Waals surface area (Å²) in [5.74, 6) is 0.315. The van der Waals surface area contributed by atoms with Gasteiger partial charge in [-0.3, -0.25) is 9.69 Å². The number of rotatable bonds is 6. The van der Waals surface area contributed by atoms with Crippen molar-refractivity contribution in [2.24, 2.45) is 0 Å². The van der Waals surface area contributed by atoms with Gasteiger partial charge in [-0.05, 0) is 39.3 Å². The molecule has 0 aromatic heterocycles. The molecule has 1 aliphatic heterocycles. The summed E-state index contributed by atoms with van der Waals surface area (Å²) < 4.78 is 0. The Bertz CT molecular complexity index is 404. The van der Waals surface area contributed by atoms with E-state index in [1.54, 1.807) is 0 Å². The van der Waals surface area contributed by atoms with Crippen LogP contribution in [0.15, 0.2) is 24.3 Å². The highest BCUT2D eigenvalue weighted by Gasteiger charge is 2.28. The van der Waals surface area contributed by atoms with Gasteiger partial charge in [0.25, 0.3) is 0 Å². The Hall–Kier alpha value is -1.15. The van der Waals surface area contributed by atoms with Crippen molar-refractivity contribution in [2.75, 3.05) is 13.1 Å². The first kappa shape index (κ1) is 14.3. The Morgan fingerprint density at radius 1 is 1.21 bits per heavy atom. The second kappa shape index (κ2) is 6.85. The Balaban J connectivity index is 2.11. The summed E-state index contributed by atoms with van der Waals surface area (Å²) in [7, 11) is 0. The minimum absolute atomic E-state index is 0.102. The molecule has 1 aliphatic rings. The number of benzene rings is 1. The van der Waals surface area contributed by atoms with Gasteiger partial charge < -0.3 is 0 Å². The highest BCUT2D eigenvalue weighted by Crippen LogP contribution is 2.20. The molecule has 1 fully saturated rings. The Labute approximate surface area is 116 Å². The summed E-state index contributed by atoms with van der Waals surface area (Å²) >= 11 is 0. The second-order valence-electron chi connectivity index (χ2n) is 5.63. The van der Waals surface area contributed by atoms with Crippen LogP contribution < -0.4 is 0 Å². The molecule has 0 N–H and O–H groups in total. The lowest BCUT2D eigenvalue weighted by atomic mass is 9.97. The molecule has 1 heterocycles. The first-order chi connectivity index (χ1) is 9.22. The average molecular weight is 259 g/mol. The van der Waals surface area contributed by atoms with E-state index >= 15 is 0 Å². The molecule has 2 heteroatoms. The predicted molar refractivity (Wildman–Crippen MR) is 79.6 cm³/mol. The zero-order chi connectivity index (χ0) is 13.7. The zero-order valence-corrected chi connectivity index (χ0v) is 12.2. The number of aryl methyl sites for hydroxylation is 1. The van der Waals surface area contributed by atoms with Gasteiger partial charge in [-0.15, -0.1) is 0 Å². The molecule has 1 aromatic carbocycles. The quantitative estimate of drug-likeness (QED) is 0.724. The zero-order valence-electron chi connectivity index (χ0n) is 12.2. The maximum Gasteiger partial charge on any atom is 0.179 e. The first-order valence-electron chi connectivity index (χ1n) is 7.57. The van der Waals surface area contributed by atoms with Crippen molar-refractivity contribution in [1.29, 1.82) is 0 Å². The van der Waals surface area contributed by atoms with Crippen LogP contribution in [0.2, 0.25) is 0 Å². The van der Waals surface area contributed by atoms with E-state index in [1.807, 2.05) is 24.3 Å². The van der Waals surface area contributed by atoms with Crippen LogP contribution in [-0.4, -0.2) is 29.8 Å². The van der Waals surface area contributed by atoms with Gasteiger partial charge in [0.05, 0.1) is 6.04 Å². The fraction of sp³-hybridized carbons (Fsp3) is 0.588. The van der Waals surface area contributed by atoms with Crippen molar-refractivity contribution in [1.82, 2.24) is 4.90 Å². The fourth-order valence-electron chi connectivity index (χ4n) is 2.84. The van der Waals surface area contributed by atoms with Gasteiger partial charge in [0.1, 0.15) is 0 Å². The first-order valence-corrected chi connectivity index (χ1v) is 7.57. The molecule has 1 saturated heterocycles. The minimum atomic E-state index is 0.102. The van der Waals surface area contributed by atoms with Crippen molar-refractivity contribution in [3.63, 3.8) is 0 Å². The van der Waals surface area contributed by atoms with Gasteiger partial charge in [-0.2, -0.15) is 0 Å². The number of unbranched alkanes of at least 4 members (excludes halogenated alkanes) is 1. The molecule has 0 saturated carbocycles. The molecule has 1 aromatic rings. The molecule has 2 rings (SSSR count). The third-order valence-corrected chi connectivity index (χ3v) is 4.05. The third kappa shape index (κ3) is 3.66. The molecule has 0 amide bonds. The molecule has 2 nitrogen and oxygen atoms in total. The van der Waals surface area contributed by atoms with E-state index in [9.17, 15) is 4.79 Å². The van der Waals surface area contributed by atoms with Gasteiger partial charge in [0.2, 0.25) is 0 Å². The standard InChI is InChI=1S/C17H25NO/c1-3-4-7-16(18-12-5-6-13-18)17(19)15-10-8-14(2)9-11-15/h8-11,16H,3-7,12-13H2,1-2H3/t16-/m0/s1. The van der Waals surface area contributed by atoms with E-state index in [0.29, 0.717) is 5.78 Å². The van der Waals surface area contributed by atoms with Crippen LogP contribution in [0, 0.1) is 6.92 Å². The minimum Gasteiger partial charge on any atom is -0.293 e. The fourth-order valence-corrected chi connectivity index (χ4v) is 2.84. The number of Topliss-reactive ketones (excluding diaryl/α,β-unsaturated/α-hetero) is 1. The largest absolute Gasteiger partial charge is 0.293 e. The highest BCUT2D eigenvalue weighted by molar-refractivity contribution is 6.00. The van der Waals surface area contributed by atoms with Crippen LogP contribution in [-0.2, 0) is 0 Å². The van der Waals surface area contributed by atoms with E-state index in [-0.39, 0.29) is 6.04 Å². The van der Waals surface area contributed by atoms with Crippen LogP contribution in [0.4, 0.5) is 0 Å². The maximum absolute atomic E-state index is 12.7. The number of hydrogen-bond donors (Lipinski definition) is 0. The number of carbonyl (C=O) groups excluding carboxylic acids is 1. The van der Waals surface area contributed by atoms with Gasteiger partial charge in [0, 0.05) is 5.56 Å². The van der Waals surface area contributed by atoms with Crippen molar-refractivity contribution >= 4 is 5.78 Å². The molecule has 19 heavy (non-hydrogen) atoms. The van der Waals surface area contributed by atoms with Crippen LogP contribution in [0.5, 0.6) is 0 Å². The number of hydrogen-bond acceptors (Lipinski definition) is 2. The highest BCUT2D eigenvalue weighted by atomic mass is 16.1. The van der Waals surface area contributed by atoms with E-state index in [0.717, 1.165) is 37.9 Å². The SMILES string of the molecule is CCCC[C@@H](C(=O)c1ccc(C)cc1)N1CCCC1. The topological polar surface area (TPSA) is 20.3 Å². The Kier molecular flexibility index (Phi) is 5.15.